The zero-order valence-electron chi connectivity index (χ0n) is 12.3. The quantitative estimate of drug-likeness (QED) is 0.820. The second-order valence-electron chi connectivity index (χ2n) is 4.48. The third-order valence-electron chi connectivity index (χ3n) is 2.54. The highest BCUT2D eigenvalue weighted by atomic mass is 32.2. The molecule has 0 aliphatic rings. The molecule has 0 heterocycles. The monoisotopic (exact) mass is 326 g/mol. The molecule has 0 unspecified atom stereocenters. The van der Waals surface area contributed by atoms with Gasteiger partial charge in [0.05, 0.1) is 5.69 Å². The fourth-order valence-corrected chi connectivity index (χ4v) is 1.82. The molecular formula is C13H21F3N2O2S. The summed E-state index contributed by atoms with van der Waals surface area (Å²) in [7, 11) is -5.39. The lowest BCUT2D eigenvalue weighted by atomic mass is 10.2. The number of halogens is 3. The van der Waals surface area contributed by atoms with Crippen molar-refractivity contribution in [1.82, 2.24) is 0 Å². The van der Waals surface area contributed by atoms with Gasteiger partial charge in [-0.2, -0.15) is 21.6 Å². The van der Waals surface area contributed by atoms with E-state index in [0.29, 0.717) is 5.56 Å². The zero-order chi connectivity index (χ0) is 16.7. The minimum atomic E-state index is -5.39. The molecule has 0 aliphatic heterocycles. The topological polar surface area (TPSA) is 72.2 Å². The van der Waals surface area contributed by atoms with Gasteiger partial charge in [-0.3, -0.25) is 4.72 Å². The summed E-state index contributed by atoms with van der Waals surface area (Å²) >= 11 is 0. The summed E-state index contributed by atoms with van der Waals surface area (Å²) in [6.45, 7) is 6.07. The van der Waals surface area contributed by atoms with Gasteiger partial charge in [-0.25, -0.2) is 0 Å². The van der Waals surface area contributed by atoms with Crippen LogP contribution in [0.5, 0.6) is 0 Å². The predicted molar refractivity (Wildman–Crippen MR) is 79.4 cm³/mol. The van der Waals surface area contributed by atoms with Crippen LogP contribution in [0.25, 0.3) is 0 Å². The number of nitrogens with one attached hydrogen (secondary N) is 1. The number of rotatable bonds is 4. The van der Waals surface area contributed by atoms with E-state index in [1.54, 1.807) is 6.92 Å². The maximum absolute atomic E-state index is 12.0. The molecule has 1 rings (SSSR count). The maximum atomic E-state index is 12.0. The summed E-state index contributed by atoms with van der Waals surface area (Å²) in [5.41, 5.74) is 0.729. The van der Waals surface area contributed by atoms with Crippen LogP contribution in [0.4, 0.5) is 24.5 Å². The Morgan fingerprint density at radius 1 is 1.19 bits per heavy atom. The van der Waals surface area contributed by atoms with E-state index in [9.17, 15) is 21.6 Å². The van der Waals surface area contributed by atoms with Crippen molar-refractivity contribution in [2.24, 2.45) is 0 Å². The molecule has 1 aromatic carbocycles. The van der Waals surface area contributed by atoms with Crippen molar-refractivity contribution >= 4 is 21.4 Å². The van der Waals surface area contributed by atoms with Crippen LogP contribution < -0.4 is 10.5 Å². The minimum Gasteiger partial charge on any atom is -0.398 e. The molecule has 8 heteroatoms. The number of sulfonamides is 1. The molecule has 0 spiro atoms. The standard InChI is InChI=1S/C8H9F3N2O2S.C5H12/c1-5-2-3-6(4-7(5)12)13-16(14,15)8(9,10)11;1-3-5-4-2/h2-4,13H,12H2,1H3;3-5H2,1-2H3. The number of alkyl halides is 3. The largest absolute Gasteiger partial charge is 0.516 e. The third-order valence-corrected chi connectivity index (χ3v) is 3.66. The highest BCUT2D eigenvalue weighted by Gasteiger charge is 2.46. The van der Waals surface area contributed by atoms with Crippen molar-refractivity contribution in [1.29, 1.82) is 0 Å². The number of hydrogen-bond donors (Lipinski definition) is 2. The predicted octanol–water partition coefficient (Wildman–Crippen LogP) is 4.04. The van der Waals surface area contributed by atoms with Crippen LogP contribution in [0.15, 0.2) is 18.2 Å². The molecule has 21 heavy (non-hydrogen) atoms. The first-order valence-electron chi connectivity index (χ1n) is 6.50. The van der Waals surface area contributed by atoms with Crippen LogP contribution >= 0.6 is 0 Å². The number of hydrogen-bond acceptors (Lipinski definition) is 3. The molecule has 0 radical (unpaired) electrons. The fourth-order valence-electron chi connectivity index (χ4n) is 1.27. The molecule has 0 saturated heterocycles. The van der Waals surface area contributed by atoms with Crippen molar-refractivity contribution in [3.8, 4) is 0 Å². The van der Waals surface area contributed by atoms with Gasteiger partial charge in [0.25, 0.3) is 0 Å². The Balaban J connectivity index is 0.000000690. The van der Waals surface area contributed by atoms with E-state index in [1.807, 2.05) is 0 Å². The zero-order valence-corrected chi connectivity index (χ0v) is 13.1. The van der Waals surface area contributed by atoms with Crippen molar-refractivity contribution in [2.75, 3.05) is 10.5 Å². The average Bonchev–Trinajstić information content (AvgIpc) is 2.34. The molecule has 0 fully saturated rings. The molecule has 0 aliphatic carbocycles. The van der Waals surface area contributed by atoms with Gasteiger partial charge in [-0.15, -0.1) is 0 Å². The summed E-state index contributed by atoms with van der Waals surface area (Å²) in [6, 6.07) is 3.75. The molecular weight excluding hydrogens is 305 g/mol. The van der Waals surface area contributed by atoms with E-state index >= 15 is 0 Å². The van der Waals surface area contributed by atoms with Crippen LogP contribution in [0.3, 0.4) is 0 Å². The first-order valence-corrected chi connectivity index (χ1v) is 7.98. The van der Waals surface area contributed by atoms with E-state index in [2.05, 4.69) is 13.8 Å². The third kappa shape index (κ3) is 6.70. The minimum absolute atomic E-state index is 0.211. The number of anilines is 2. The molecule has 3 N–H and O–H groups in total. The number of nitrogen functional groups attached to an aromatic ring is 1. The Morgan fingerprint density at radius 2 is 1.71 bits per heavy atom. The average molecular weight is 326 g/mol. The van der Waals surface area contributed by atoms with E-state index in [4.69, 9.17) is 5.73 Å². The van der Waals surface area contributed by atoms with Crippen LogP contribution in [0.1, 0.15) is 38.7 Å². The van der Waals surface area contributed by atoms with Gasteiger partial charge >= 0.3 is 15.5 Å². The second-order valence-corrected chi connectivity index (χ2v) is 6.15. The van der Waals surface area contributed by atoms with Gasteiger partial charge in [-0.05, 0) is 24.6 Å². The first kappa shape index (κ1) is 19.6. The molecule has 0 aromatic heterocycles. The van der Waals surface area contributed by atoms with Gasteiger partial charge in [0.15, 0.2) is 0 Å². The Kier molecular flexibility index (Phi) is 7.56. The van der Waals surface area contributed by atoms with Gasteiger partial charge in [0.1, 0.15) is 0 Å². The van der Waals surface area contributed by atoms with Crippen LogP contribution in [-0.2, 0) is 10.0 Å². The number of unbranched alkanes of at least 4 members (excludes halogenated alkanes) is 2. The number of nitrogens with two attached hydrogens (primary N) is 1. The highest BCUT2D eigenvalue weighted by Crippen LogP contribution is 2.26. The molecule has 0 atom stereocenters. The fraction of sp³-hybridized carbons (Fsp3) is 0.538. The Morgan fingerprint density at radius 3 is 2.05 bits per heavy atom. The molecule has 0 amide bonds. The Bertz CT molecular complexity index is 541. The number of benzene rings is 1. The van der Waals surface area contributed by atoms with Crippen molar-refractivity contribution in [2.45, 2.75) is 45.5 Å². The van der Waals surface area contributed by atoms with Gasteiger partial charge in [0, 0.05) is 5.69 Å². The lowest BCUT2D eigenvalue weighted by Crippen LogP contribution is -2.29. The van der Waals surface area contributed by atoms with E-state index in [-0.39, 0.29) is 11.4 Å². The van der Waals surface area contributed by atoms with Crippen LogP contribution in [0, 0.1) is 6.92 Å². The lowest BCUT2D eigenvalue weighted by Gasteiger charge is -2.11. The second kappa shape index (κ2) is 8.11. The summed E-state index contributed by atoms with van der Waals surface area (Å²) in [5.74, 6) is 0. The van der Waals surface area contributed by atoms with Crippen molar-refractivity contribution < 1.29 is 21.6 Å². The van der Waals surface area contributed by atoms with Crippen LogP contribution in [0.2, 0.25) is 0 Å². The van der Waals surface area contributed by atoms with Crippen LogP contribution in [-0.4, -0.2) is 13.9 Å². The lowest BCUT2D eigenvalue weighted by molar-refractivity contribution is -0.0429. The molecule has 0 saturated carbocycles. The smallest absolute Gasteiger partial charge is 0.398 e. The summed E-state index contributed by atoms with van der Waals surface area (Å²) in [4.78, 5) is 0. The normalized spacial score (nSPS) is 11.5. The molecule has 4 nitrogen and oxygen atoms in total. The maximum Gasteiger partial charge on any atom is 0.516 e. The molecule has 1 aromatic rings. The van der Waals surface area contributed by atoms with Crippen molar-refractivity contribution in [3.05, 3.63) is 23.8 Å². The Hall–Kier alpha value is -1.44. The highest BCUT2D eigenvalue weighted by molar-refractivity contribution is 7.93. The van der Waals surface area contributed by atoms with E-state index < -0.39 is 15.5 Å². The van der Waals surface area contributed by atoms with E-state index in [0.717, 1.165) is 6.07 Å². The summed E-state index contributed by atoms with van der Waals surface area (Å²) < 4.78 is 58.9. The van der Waals surface area contributed by atoms with Gasteiger partial charge in [-0.1, -0.05) is 39.2 Å². The van der Waals surface area contributed by atoms with Crippen molar-refractivity contribution in [3.63, 3.8) is 0 Å². The summed E-state index contributed by atoms with van der Waals surface area (Å²) in [5, 5.41) is 0. The SMILES string of the molecule is CCCCC.Cc1ccc(NS(=O)(=O)C(F)(F)F)cc1N. The van der Waals surface area contributed by atoms with Gasteiger partial charge in [0.2, 0.25) is 0 Å². The molecule has 0 bridgehead atoms. The molecule has 122 valence electrons. The Labute approximate surface area is 123 Å². The van der Waals surface area contributed by atoms with E-state index in [1.165, 1.54) is 36.1 Å². The van der Waals surface area contributed by atoms with Gasteiger partial charge < -0.3 is 5.73 Å². The summed E-state index contributed by atoms with van der Waals surface area (Å²) in [6.07, 6.45) is 4.08. The first-order chi connectivity index (χ1) is 9.55. The number of aryl methyl sites for hydroxylation is 1.